The molecule has 164 valence electrons. The molecule has 9 heteroatoms. The molecule has 0 atom stereocenters. The number of thioether (sulfide) groups is 1. The van der Waals surface area contributed by atoms with E-state index in [-0.39, 0.29) is 12.5 Å². The van der Waals surface area contributed by atoms with Gasteiger partial charge in [-0.3, -0.25) is 9.69 Å². The van der Waals surface area contributed by atoms with Gasteiger partial charge in [0.2, 0.25) is 0 Å². The first-order valence-electron chi connectivity index (χ1n) is 9.26. The summed E-state index contributed by atoms with van der Waals surface area (Å²) in [6, 6.07) is 10.4. The van der Waals surface area contributed by atoms with E-state index in [0.717, 1.165) is 9.13 Å². The maximum absolute atomic E-state index is 12.8. The number of methoxy groups -OCH3 is 2. The van der Waals surface area contributed by atoms with Crippen molar-refractivity contribution < 1.29 is 23.8 Å². The number of esters is 1. The van der Waals surface area contributed by atoms with Crippen molar-refractivity contribution in [3.05, 3.63) is 56.0 Å². The van der Waals surface area contributed by atoms with Crippen molar-refractivity contribution in [1.82, 2.24) is 4.90 Å². The van der Waals surface area contributed by atoms with E-state index in [1.807, 2.05) is 6.07 Å². The van der Waals surface area contributed by atoms with Gasteiger partial charge < -0.3 is 14.2 Å². The van der Waals surface area contributed by atoms with Crippen LogP contribution in [0.1, 0.15) is 15.9 Å². The highest BCUT2D eigenvalue weighted by Crippen LogP contribution is 2.37. The van der Waals surface area contributed by atoms with Crippen LogP contribution in [0.4, 0.5) is 5.69 Å². The van der Waals surface area contributed by atoms with Crippen LogP contribution in [-0.4, -0.2) is 49.8 Å². The number of benzene rings is 2. The molecule has 1 fully saturated rings. The molecule has 1 saturated heterocycles. The molecule has 0 unspecified atom stereocenters. The van der Waals surface area contributed by atoms with Gasteiger partial charge in [0.25, 0.3) is 5.91 Å². The summed E-state index contributed by atoms with van der Waals surface area (Å²) < 4.78 is 16.5. The summed E-state index contributed by atoms with van der Waals surface area (Å²) in [6.07, 6.45) is 7.05. The number of carbonyl (C=O) groups excluding carboxylic acids is 2. The van der Waals surface area contributed by atoms with Crippen molar-refractivity contribution in [3.63, 3.8) is 0 Å². The van der Waals surface area contributed by atoms with Crippen LogP contribution in [0.3, 0.4) is 0 Å². The highest BCUT2D eigenvalue weighted by Gasteiger charge is 2.30. The Morgan fingerprint density at radius 1 is 1.31 bits per heavy atom. The van der Waals surface area contributed by atoms with Crippen molar-refractivity contribution >= 4 is 63.2 Å². The Labute approximate surface area is 204 Å². The van der Waals surface area contributed by atoms with Crippen LogP contribution in [0.15, 0.2) is 46.3 Å². The van der Waals surface area contributed by atoms with E-state index >= 15 is 0 Å². The lowest BCUT2D eigenvalue weighted by Crippen LogP contribution is -2.23. The number of likely N-dealkylation sites (N-methyl/N-ethyl adjacent to an activating group) is 1. The minimum Gasteiger partial charge on any atom is -0.493 e. The largest absolute Gasteiger partial charge is 0.493 e. The van der Waals surface area contributed by atoms with Gasteiger partial charge in [-0.1, -0.05) is 12.0 Å². The minimum atomic E-state index is -0.450. The number of amides is 1. The summed E-state index contributed by atoms with van der Waals surface area (Å²) in [6.45, 7) is 0.128. The Kier molecular flexibility index (Phi) is 7.82. The maximum atomic E-state index is 12.8. The third kappa shape index (κ3) is 5.26. The summed E-state index contributed by atoms with van der Waals surface area (Å²) in [5.74, 6) is 2.88. The molecule has 0 N–H and O–H groups in total. The number of nitrogens with zero attached hydrogens (tertiary/aromatic N) is 2. The van der Waals surface area contributed by atoms with E-state index < -0.39 is 5.97 Å². The van der Waals surface area contributed by atoms with Gasteiger partial charge in [-0.25, -0.2) is 9.79 Å². The molecule has 0 spiro atoms. The molecule has 0 bridgehead atoms. The van der Waals surface area contributed by atoms with E-state index in [1.54, 1.807) is 50.6 Å². The van der Waals surface area contributed by atoms with Crippen LogP contribution in [-0.2, 0) is 9.53 Å². The predicted molar refractivity (Wildman–Crippen MR) is 133 cm³/mol. The fourth-order valence-corrected chi connectivity index (χ4v) is 4.58. The predicted octanol–water partition coefficient (Wildman–Crippen LogP) is 4.33. The Balaban J connectivity index is 1.90. The average molecular weight is 562 g/mol. The average Bonchev–Trinajstić information content (AvgIpc) is 3.05. The Morgan fingerprint density at radius 3 is 2.78 bits per heavy atom. The van der Waals surface area contributed by atoms with Crippen LogP contribution in [0.25, 0.3) is 6.08 Å². The fraction of sp³-hybridized carbons (Fsp3) is 0.174. The molecule has 1 aliphatic rings. The van der Waals surface area contributed by atoms with Gasteiger partial charge in [0, 0.05) is 7.05 Å². The summed E-state index contributed by atoms with van der Waals surface area (Å²) in [5, 5.41) is 0.499. The smallest absolute Gasteiger partial charge is 0.337 e. The molecule has 0 saturated carbocycles. The van der Waals surface area contributed by atoms with E-state index in [9.17, 15) is 9.59 Å². The van der Waals surface area contributed by atoms with Crippen molar-refractivity contribution in [2.75, 3.05) is 27.9 Å². The van der Waals surface area contributed by atoms with E-state index in [2.05, 4.69) is 33.5 Å². The fourth-order valence-electron chi connectivity index (χ4n) is 2.81. The van der Waals surface area contributed by atoms with Gasteiger partial charge in [0.15, 0.2) is 16.7 Å². The molecule has 32 heavy (non-hydrogen) atoms. The lowest BCUT2D eigenvalue weighted by molar-refractivity contribution is -0.121. The van der Waals surface area contributed by atoms with Gasteiger partial charge in [-0.05, 0) is 76.3 Å². The number of terminal acetylenes is 1. The number of ether oxygens (including phenoxy) is 3. The molecule has 0 aliphatic carbocycles. The second kappa shape index (κ2) is 10.6. The first-order valence-corrected chi connectivity index (χ1v) is 11.2. The Bertz CT molecular complexity index is 1170. The number of hydrogen-bond acceptors (Lipinski definition) is 7. The molecular weight excluding hydrogens is 543 g/mol. The topological polar surface area (TPSA) is 77.4 Å². The zero-order valence-electron chi connectivity index (χ0n) is 17.5. The van der Waals surface area contributed by atoms with Gasteiger partial charge in [0.05, 0.1) is 33.9 Å². The Hall–Kier alpha value is -2.97. The maximum Gasteiger partial charge on any atom is 0.337 e. The van der Waals surface area contributed by atoms with Crippen LogP contribution in [0.2, 0.25) is 0 Å². The van der Waals surface area contributed by atoms with Crippen molar-refractivity contribution in [2.45, 2.75) is 0 Å². The number of hydrogen-bond donors (Lipinski definition) is 0. The van der Waals surface area contributed by atoms with Gasteiger partial charge in [-0.2, -0.15) is 0 Å². The number of rotatable bonds is 6. The zero-order valence-corrected chi connectivity index (χ0v) is 20.5. The van der Waals surface area contributed by atoms with E-state index in [0.29, 0.717) is 32.8 Å². The summed E-state index contributed by atoms with van der Waals surface area (Å²) in [5.41, 5.74) is 1.70. The number of carbonyl (C=O) groups is 2. The molecule has 0 aromatic heterocycles. The lowest BCUT2D eigenvalue weighted by Gasteiger charge is -2.12. The molecule has 1 heterocycles. The minimum absolute atomic E-state index is 0.128. The van der Waals surface area contributed by atoms with Crippen LogP contribution in [0, 0.1) is 15.9 Å². The van der Waals surface area contributed by atoms with Crippen molar-refractivity contribution in [3.8, 4) is 23.8 Å². The number of amidine groups is 1. The van der Waals surface area contributed by atoms with E-state index in [1.165, 1.54) is 23.8 Å². The van der Waals surface area contributed by atoms with Crippen LogP contribution >= 0.6 is 34.4 Å². The van der Waals surface area contributed by atoms with Crippen LogP contribution in [0.5, 0.6) is 11.5 Å². The normalized spacial score (nSPS) is 15.7. The third-order valence-electron chi connectivity index (χ3n) is 4.34. The number of aliphatic imine (C=N–C) groups is 1. The molecular formula is C23H19IN2O5S. The summed E-state index contributed by atoms with van der Waals surface area (Å²) >= 11 is 3.38. The molecule has 1 amide bonds. The van der Waals surface area contributed by atoms with Crippen LogP contribution < -0.4 is 9.47 Å². The highest BCUT2D eigenvalue weighted by atomic mass is 127. The third-order valence-corrected chi connectivity index (χ3v) is 6.21. The van der Waals surface area contributed by atoms with Crippen molar-refractivity contribution in [1.29, 1.82) is 0 Å². The SMILES string of the molecule is C#CCOc1c(I)cc(C=C2SC(=Nc3cccc(C(=O)OC)c3)N(C)C2=O)cc1OC. The molecule has 1 aliphatic heterocycles. The quantitative estimate of drug-likeness (QED) is 0.226. The monoisotopic (exact) mass is 562 g/mol. The first-order chi connectivity index (χ1) is 15.4. The standard InChI is InChI=1S/C23H19IN2O5S/c1-5-9-31-20-17(24)10-14(11-18(20)29-3)12-19-21(27)26(2)23(32-19)25-16-8-6-7-15(13-16)22(28)30-4/h1,6-8,10-13H,9H2,2-4H3. The van der Waals surface area contributed by atoms with E-state index in [4.69, 9.17) is 20.6 Å². The Morgan fingerprint density at radius 2 is 2.09 bits per heavy atom. The molecule has 2 aromatic carbocycles. The number of halogens is 1. The summed E-state index contributed by atoms with van der Waals surface area (Å²) in [4.78, 5) is 31.0. The molecule has 2 aromatic rings. The molecule has 0 radical (unpaired) electrons. The van der Waals surface area contributed by atoms with Gasteiger partial charge in [-0.15, -0.1) is 6.42 Å². The van der Waals surface area contributed by atoms with Gasteiger partial charge >= 0.3 is 5.97 Å². The second-order valence-electron chi connectivity index (χ2n) is 6.44. The lowest BCUT2D eigenvalue weighted by atomic mass is 10.2. The highest BCUT2D eigenvalue weighted by molar-refractivity contribution is 14.1. The van der Waals surface area contributed by atoms with Gasteiger partial charge in [0.1, 0.15) is 6.61 Å². The zero-order chi connectivity index (χ0) is 23.3. The second-order valence-corrected chi connectivity index (χ2v) is 8.61. The van der Waals surface area contributed by atoms with Crippen molar-refractivity contribution in [2.24, 2.45) is 4.99 Å². The summed E-state index contributed by atoms with van der Waals surface area (Å²) in [7, 11) is 4.52. The molecule has 3 rings (SSSR count). The first kappa shape index (κ1) is 23.7. The molecule has 7 nitrogen and oxygen atoms in total.